The summed E-state index contributed by atoms with van der Waals surface area (Å²) in [5.74, 6) is -0.476. The fourth-order valence-corrected chi connectivity index (χ4v) is 4.52. The molecule has 0 spiro atoms. The van der Waals surface area contributed by atoms with Crippen LogP contribution in [-0.4, -0.2) is 47.5 Å². The molecule has 1 N–H and O–H groups in total. The predicted molar refractivity (Wildman–Crippen MR) is 103 cm³/mol. The Kier molecular flexibility index (Phi) is 5.99. The monoisotopic (exact) mass is 402 g/mol. The largest absolute Gasteiger partial charge is 0.456 e. The van der Waals surface area contributed by atoms with Crippen LogP contribution in [-0.2, 0) is 23.7 Å². The Hall–Kier alpha value is -1.90. The maximum atomic E-state index is 11.6. The lowest BCUT2D eigenvalue weighted by molar-refractivity contribution is -0.319. The van der Waals surface area contributed by atoms with Crippen LogP contribution in [0.25, 0.3) is 0 Å². The Bertz CT molecular complexity index is 786. The molecular weight excluding hydrogens is 380 g/mol. The van der Waals surface area contributed by atoms with Crippen molar-refractivity contribution in [1.29, 1.82) is 0 Å². The van der Waals surface area contributed by atoms with Gasteiger partial charge < -0.3 is 24.1 Å². The van der Waals surface area contributed by atoms with Gasteiger partial charge in [0.1, 0.15) is 23.7 Å². The fraction of sp³-hybridized carbons (Fsp3) is 0.381. The quantitative estimate of drug-likeness (QED) is 0.788. The first-order valence-corrected chi connectivity index (χ1v) is 10.0. The van der Waals surface area contributed by atoms with Crippen LogP contribution < -0.4 is 0 Å². The normalized spacial score (nSPS) is 32.4. The van der Waals surface area contributed by atoms with E-state index in [1.54, 1.807) is 0 Å². The standard InChI is InChI=1S/C21H22O6S/c1-13(22)25-19-17(23)18-16(26-21(19)28-15-10-6-3-7-11-15)12-24-20(27-18)14-8-4-2-5-9-14/h2-11,16-21,23H,12H2,1H3/t16?,17-,18?,19?,20?,21-/m0/s1. The summed E-state index contributed by atoms with van der Waals surface area (Å²) in [4.78, 5) is 12.6. The smallest absolute Gasteiger partial charge is 0.303 e. The van der Waals surface area contributed by atoms with Gasteiger partial charge in [0, 0.05) is 17.4 Å². The first-order chi connectivity index (χ1) is 13.6. The predicted octanol–water partition coefficient (Wildman–Crippen LogP) is 2.91. The molecule has 2 aliphatic rings. The SMILES string of the molecule is CC(=O)OC1[C@@H](O)C2OC(c3ccccc3)OCC2O[C@H]1Sc1ccccc1. The van der Waals surface area contributed by atoms with E-state index in [2.05, 4.69) is 0 Å². The Balaban J connectivity index is 1.53. The van der Waals surface area contributed by atoms with Gasteiger partial charge in [0.25, 0.3) is 0 Å². The second-order valence-electron chi connectivity index (χ2n) is 6.72. The van der Waals surface area contributed by atoms with Crippen molar-refractivity contribution in [1.82, 2.24) is 0 Å². The first kappa shape index (κ1) is 19.4. The summed E-state index contributed by atoms with van der Waals surface area (Å²) in [7, 11) is 0. The molecule has 2 aliphatic heterocycles. The van der Waals surface area contributed by atoms with Gasteiger partial charge in [0.15, 0.2) is 12.4 Å². The lowest BCUT2D eigenvalue weighted by Crippen LogP contribution is -2.61. The summed E-state index contributed by atoms with van der Waals surface area (Å²) in [5.41, 5.74) is 0.293. The lowest BCUT2D eigenvalue weighted by Gasteiger charge is -2.47. The van der Waals surface area contributed by atoms with Crippen molar-refractivity contribution in [2.45, 2.75) is 48.0 Å². The molecule has 0 saturated carbocycles. The molecule has 7 heteroatoms. The lowest BCUT2D eigenvalue weighted by atomic mass is 9.98. The summed E-state index contributed by atoms with van der Waals surface area (Å²) >= 11 is 1.40. The second kappa shape index (κ2) is 8.63. The van der Waals surface area contributed by atoms with Gasteiger partial charge >= 0.3 is 5.97 Å². The summed E-state index contributed by atoms with van der Waals surface area (Å²) in [6.07, 6.45) is -3.59. The number of aliphatic hydroxyl groups is 1. The summed E-state index contributed by atoms with van der Waals surface area (Å²) < 4.78 is 23.4. The van der Waals surface area contributed by atoms with E-state index in [-0.39, 0.29) is 6.61 Å². The molecule has 2 aromatic carbocycles. The molecule has 0 radical (unpaired) electrons. The number of aliphatic hydroxyl groups excluding tert-OH is 1. The Morgan fingerprint density at radius 2 is 1.75 bits per heavy atom. The molecule has 28 heavy (non-hydrogen) atoms. The van der Waals surface area contributed by atoms with Gasteiger partial charge in [-0.1, -0.05) is 60.3 Å². The van der Waals surface area contributed by atoms with Crippen molar-refractivity contribution in [3.8, 4) is 0 Å². The van der Waals surface area contributed by atoms with Gasteiger partial charge in [0.2, 0.25) is 0 Å². The molecule has 4 rings (SSSR count). The Labute approximate surface area is 167 Å². The number of esters is 1. The third kappa shape index (κ3) is 4.24. The molecule has 0 bridgehead atoms. The van der Waals surface area contributed by atoms with Crippen LogP contribution in [0.4, 0.5) is 0 Å². The molecule has 0 aliphatic carbocycles. The molecule has 2 aromatic rings. The number of hydrogen-bond acceptors (Lipinski definition) is 7. The number of carbonyl (C=O) groups is 1. The van der Waals surface area contributed by atoms with Gasteiger partial charge in [-0.05, 0) is 12.1 Å². The number of benzene rings is 2. The highest BCUT2D eigenvalue weighted by Crippen LogP contribution is 2.39. The average molecular weight is 402 g/mol. The first-order valence-electron chi connectivity index (χ1n) is 9.16. The van der Waals surface area contributed by atoms with E-state index in [0.29, 0.717) is 0 Å². The highest BCUT2D eigenvalue weighted by Gasteiger charge is 2.51. The highest BCUT2D eigenvalue weighted by atomic mass is 32.2. The van der Waals surface area contributed by atoms with Gasteiger partial charge in [0.05, 0.1) is 6.61 Å². The number of fused-ring (bicyclic) bond motifs is 1. The molecule has 0 amide bonds. The number of rotatable bonds is 4. The molecule has 6 atom stereocenters. The minimum atomic E-state index is -1.03. The fourth-order valence-electron chi connectivity index (χ4n) is 3.39. The summed E-state index contributed by atoms with van der Waals surface area (Å²) in [5, 5.41) is 11.0. The minimum absolute atomic E-state index is 0.278. The minimum Gasteiger partial charge on any atom is -0.456 e. The van der Waals surface area contributed by atoms with E-state index >= 15 is 0 Å². The van der Waals surface area contributed by atoms with Gasteiger partial charge in [-0.15, -0.1) is 0 Å². The van der Waals surface area contributed by atoms with E-state index in [9.17, 15) is 9.90 Å². The Morgan fingerprint density at radius 3 is 2.43 bits per heavy atom. The van der Waals surface area contributed by atoms with Crippen molar-refractivity contribution >= 4 is 17.7 Å². The van der Waals surface area contributed by atoms with Crippen molar-refractivity contribution in [2.75, 3.05) is 6.61 Å². The Morgan fingerprint density at radius 1 is 1.07 bits per heavy atom. The van der Waals surface area contributed by atoms with Crippen LogP contribution in [0.3, 0.4) is 0 Å². The van der Waals surface area contributed by atoms with Crippen LogP contribution in [0.15, 0.2) is 65.6 Å². The van der Waals surface area contributed by atoms with Crippen molar-refractivity contribution in [3.63, 3.8) is 0 Å². The zero-order valence-electron chi connectivity index (χ0n) is 15.3. The van der Waals surface area contributed by atoms with E-state index in [4.69, 9.17) is 18.9 Å². The number of ether oxygens (including phenoxy) is 4. The second-order valence-corrected chi connectivity index (χ2v) is 7.89. The molecular formula is C21H22O6S. The molecule has 4 unspecified atom stereocenters. The van der Waals surface area contributed by atoms with Crippen LogP contribution in [0.1, 0.15) is 18.8 Å². The van der Waals surface area contributed by atoms with Crippen molar-refractivity contribution < 1.29 is 28.8 Å². The van der Waals surface area contributed by atoms with E-state index in [1.807, 2.05) is 60.7 Å². The van der Waals surface area contributed by atoms with Gasteiger partial charge in [-0.3, -0.25) is 4.79 Å². The topological polar surface area (TPSA) is 74.2 Å². The van der Waals surface area contributed by atoms with E-state index in [0.717, 1.165) is 10.5 Å². The van der Waals surface area contributed by atoms with Crippen molar-refractivity contribution in [3.05, 3.63) is 66.2 Å². The van der Waals surface area contributed by atoms with Crippen LogP contribution in [0, 0.1) is 0 Å². The number of thioether (sulfide) groups is 1. The number of carbonyl (C=O) groups excluding carboxylic acids is 1. The maximum absolute atomic E-state index is 11.6. The zero-order valence-corrected chi connectivity index (χ0v) is 16.2. The maximum Gasteiger partial charge on any atom is 0.303 e. The molecule has 148 valence electrons. The molecule has 2 saturated heterocycles. The number of hydrogen-bond donors (Lipinski definition) is 1. The van der Waals surface area contributed by atoms with Crippen molar-refractivity contribution in [2.24, 2.45) is 0 Å². The zero-order chi connectivity index (χ0) is 19.5. The molecule has 2 fully saturated rings. The average Bonchev–Trinajstić information content (AvgIpc) is 2.72. The van der Waals surface area contributed by atoms with Crippen LogP contribution in [0.2, 0.25) is 0 Å². The van der Waals surface area contributed by atoms with Gasteiger partial charge in [-0.2, -0.15) is 0 Å². The molecule has 6 nitrogen and oxygen atoms in total. The van der Waals surface area contributed by atoms with Gasteiger partial charge in [-0.25, -0.2) is 0 Å². The summed E-state index contributed by atoms with van der Waals surface area (Å²) in [6, 6.07) is 19.2. The van der Waals surface area contributed by atoms with Crippen LogP contribution >= 0.6 is 11.8 Å². The third-order valence-corrected chi connectivity index (χ3v) is 5.83. The molecule has 2 heterocycles. The van der Waals surface area contributed by atoms with E-state index in [1.165, 1.54) is 18.7 Å². The highest BCUT2D eigenvalue weighted by molar-refractivity contribution is 7.99. The van der Waals surface area contributed by atoms with Crippen LogP contribution in [0.5, 0.6) is 0 Å². The third-order valence-electron chi connectivity index (χ3n) is 4.68. The van der Waals surface area contributed by atoms with E-state index < -0.39 is 42.1 Å². The molecule has 0 aromatic heterocycles. The summed E-state index contributed by atoms with van der Waals surface area (Å²) in [6.45, 7) is 1.60.